The van der Waals surface area contributed by atoms with Crippen LogP contribution in [0.25, 0.3) is 0 Å². The molecule has 1 aromatic carbocycles. The lowest BCUT2D eigenvalue weighted by atomic mass is 9.94. The molecule has 0 unspecified atom stereocenters. The van der Waals surface area contributed by atoms with Gasteiger partial charge in [-0.3, -0.25) is 4.79 Å². The number of benzene rings is 1. The number of aromatic amines is 1. The average Bonchev–Trinajstić information content (AvgIpc) is 3.45. The summed E-state index contributed by atoms with van der Waals surface area (Å²) in [7, 11) is 0. The third-order valence-corrected chi connectivity index (χ3v) is 5.47. The number of nitrogens with one attached hydrogen (secondary N) is 1. The molecular weight excluding hydrogens is 354 g/mol. The summed E-state index contributed by atoms with van der Waals surface area (Å²) >= 11 is 0. The van der Waals surface area contributed by atoms with E-state index in [1.165, 1.54) is 5.56 Å². The van der Waals surface area contributed by atoms with Crippen molar-refractivity contribution in [3.63, 3.8) is 0 Å². The fourth-order valence-corrected chi connectivity index (χ4v) is 3.87. The van der Waals surface area contributed by atoms with Gasteiger partial charge in [-0.1, -0.05) is 30.3 Å². The molecule has 2 heterocycles. The molecule has 4 rings (SSSR count). The van der Waals surface area contributed by atoms with Crippen molar-refractivity contribution in [3.05, 3.63) is 63.3 Å². The van der Waals surface area contributed by atoms with Crippen LogP contribution in [0, 0.1) is 0 Å². The Morgan fingerprint density at radius 3 is 2.57 bits per heavy atom. The van der Waals surface area contributed by atoms with Crippen LogP contribution in [0.2, 0.25) is 0 Å². The van der Waals surface area contributed by atoms with E-state index < -0.39 is 5.60 Å². The summed E-state index contributed by atoms with van der Waals surface area (Å²) in [5.74, 6) is 0.758. The first-order valence-electron chi connectivity index (χ1n) is 9.94. The summed E-state index contributed by atoms with van der Waals surface area (Å²) in [5, 5.41) is 0. The average molecular weight is 381 g/mol. The zero-order valence-corrected chi connectivity index (χ0v) is 16.7. The number of ether oxygens (including phenoxy) is 1. The van der Waals surface area contributed by atoms with Crippen molar-refractivity contribution in [1.29, 1.82) is 0 Å². The van der Waals surface area contributed by atoms with Gasteiger partial charge in [0.2, 0.25) is 0 Å². The molecule has 1 saturated carbocycles. The highest BCUT2D eigenvalue weighted by molar-refractivity contribution is 5.68. The van der Waals surface area contributed by atoms with E-state index in [9.17, 15) is 9.59 Å². The number of hydrogen-bond acceptors (Lipinski definition) is 4. The molecule has 0 saturated heterocycles. The van der Waals surface area contributed by atoms with Crippen molar-refractivity contribution in [3.8, 4) is 0 Å². The number of hydrogen-bond donors (Lipinski definition) is 1. The quantitative estimate of drug-likeness (QED) is 0.863. The Kier molecular flexibility index (Phi) is 4.52. The second-order valence-corrected chi connectivity index (χ2v) is 8.79. The number of amides is 1. The van der Waals surface area contributed by atoms with Crippen molar-refractivity contribution in [1.82, 2.24) is 14.9 Å². The predicted molar refractivity (Wildman–Crippen MR) is 106 cm³/mol. The molecule has 1 amide bonds. The highest BCUT2D eigenvalue weighted by atomic mass is 16.6. The van der Waals surface area contributed by atoms with Crippen LogP contribution < -0.4 is 5.56 Å². The standard InChI is InChI=1S/C22H27N3O3/c1-21(2,3)28-20(27)25-13-7-10-17-16(14-25)18(26)24-19(23-17)22(11-12-22)15-8-5-4-6-9-15/h4-6,8-9H,7,10-14H2,1-3H3,(H,23,24,26). The largest absolute Gasteiger partial charge is 0.444 e. The van der Waals surface area contributed by atoms with Gasteiger partial charge in [0.1, 0.15) is 11.4 Å². The Morgan fingerprint density at radius 1 is 1.21 bits per heavy atom. The van der Waals surface area contributed by atoms with Crippen molar-refractivity contribution >= 4 is 6.09 Å². The fraction of sp³-hybridized carbons (Fsp3) is 0.500. The summed E-state index contributed by atoms with van der Waals surface area (Å²) in [6.45, 7) is 6.33. The second-order valence-electron chi connectivity index (χ2n) is 8.79. The number of fused-ring (bicyclic) bond motifs is 1. The van der Waals surface area contributed by atoms with Gasteiger partial charge in [0.25, 0.3) is 5.56 Å². The summed E-state index contributed by atoms with van der Waals surface area (Å²) < 4.78 is 5.49. The van der Waals surface area contributed by atoms with Gasteiger partial charge in [0.05, 0.1) is 23.2 Å². The zero-order valence-electron chi connectivity index (χ0n) is 16.7. The molecule has 0 spiro atoms. The minimum atomic E-state index is -0.561. The lowest BCUT2D eigenvalue weighted by Gasteiger charge is -2.26. The molecule has 0 atom stereocenters. The van der Waals surface area contributed by atoms with Crippen molar-refractivity contribution < 1.29 is 9.53 Å². The first-order chi connectivity index (χ1) is 13.3. The van der Waals surface area contributed by atoms with Crippen LogP contribution in [0.4, 0.5) is 4.79 Å². The predicted octanol–water partition coefficient (Wildman–Crippen LogP) is 3.53. The van der Waals surface area contributed by atoms with Gasteiger partial charge in [-0.2, -0.15) is 0 Å². The highest BCUT2D eigenvalue weighted by Crippen LogP contribution is 2.51. The van der Waals surface area contributed by atoms with E-state index in [0.717, 1.165) is 30.8 Å². The SMILES string of the molecule is CC(C)(C)OC(=O)N1CCCc2nc(C3(c4ccccc4)CC3)[nH]c(=O)c2C1. The van der Waals surface area contributed by atoms with Crippen LogP contribution in [0.3, 0.4) is 0 Å². The van der Waals surface area contributed by atoms with Crippen LogP contribution in [0.5, 0.6) is 0 Å². The van der Waals surface area contributed by atoms with Crippen LogP contribution in [-0.2, 0) is 23.1 Å². The molecule has 0 radical (unpaired) electrons. The lowest BCUT2D eigenvalue weighted by molar-refractivity contribution is 0.0236. The van der Waals surface area contributed by atoms with Crippen molar-refractivity contribution in [2.24, 2.45) is 0 Å². The maximum atomic E-state index is 12.9. The third kappa shape index (κ3) is 3.55. The van der Waals surface area contributed by atoms with E-state index in [-0.39, 0.29) is 23.6 Å². The van der Waals surface area contributed by atoms with Crippen LogP contribution >= 0.6 is 0 Å². The summed E-state index contributed by atoms with van der Waals surface area (Å²) in [5.41, 5.74) is 1.71. The number of carbonyl (C=O) groups excluding carboxylic acids is 1. The smallest absolute Gasteiger partial charge is 0.410 e. The van der Waals surface area contributed by atoms with Crippen LogP contribution in [-0.4, -0.2) is 33.1 Å². The lowest BCUT2D eigenvalue weighted by Crippen LogP contribution is -2.37. The molecule has 28 heavy (non-hydrogen) atoms. The maximum absolute atomic E-state index is 12.9. The molecule has 0 bridgehead atoms. The Morgan fingerprint density at radius 2 is 1.93 bits per heavy atom. The topological polar surface area (TPSA) is 75.3 Å². The van der Waals surface area contributed by atoms with Crippen molar-refractivity contribution in [2.75, 3.05) is 6.54 Å². The van der Waals surface area contributed by atoms with Gasteiger partial charge in [0, 0.05) is 6.54 Å². The molecule has 6 heteroatoms. The monoisotopic (exact) mass is 381 g/mol. The molecule has 1 N–H and O–H groups in total. The van der Waals surface area contributed by atoms with E-state index in [1.807, 2.05) is 39.0 Å². The normalized spacial score (nSPS) is 18.2. The van der Waals surface area contributed by atoms with Gasteiger partial charge in [-0.25, -0.2) is 9.78 Å². The van der Waals surface area contributed by atoms with Crippen molar-refractivity contribution in [2.45, 2.75) is 64.0 Å². The fourth-order valence-electron chi connectivity index (χ4n) is 3.87. The van der Waals surface area contributed by atoms with E-state index in [2.05, 4.69) is 17.1 Å². The first-order valence-corrected chi connectivity index (χ1v) is 9.94. The summed E-state index contributed by atoms with van der Waals surface area (Å²) in [4.78, 5) is 34.9. The Bertz CT molecular complexity index is 940. The van der Waals surface area contributed by atoms with Gasteiger partial charge < -0.3 is 14.6 Å². The Hall–Kier alpha value is -2.63. The molecule has 1 fully saturated rings. The molecule has 1 aliphatic carbocycles. The van der Waals surface area contributed by atoms with Gasteiger partial charge >= 0.3 is 6.09 Å². The molecule has 148 valence electrons. The number of carbonyl (C=O) groups is 1. The minimum Gasteiger partial charge on any atom is -0.444 e. The van der Waals surface area contributed by atoms with Crippen LogP contribution in [0.15, 0.2) is 35.1 Å². The highest BCUT2D eigenvalue weighted by Gasteiger charge is 2.48. The molecule has 2 aromatic rings. The molecule has 2 aliphatic rings. The van der Waals surface area contributed by atoms with E-state index in [0.29, 0.717) is 18.5 Å². The molecule has 6 nitrogen and oxygen atoms in total. The van der Waals surface area contributed by atoms with Gasteiger partial charge in [-0.15, -0.1) is 0 Å². The van der Waals surface area contributed by atoms with E-state index in [1.54, 1.807) is 4.90 Å². The third-order valence-electron chi connectivity index (χ3n) is 5.47. The number of rotatable bonds is 2. The number of H-pyrrole nitrogens is 1. The Balaban J connectivity index is 1.64. The summed E-state index contributed by atoms with van der Waals surface area (Å²) in [6.07, 6.45) is 3.05. The zero-order chi connectivity index (χ0) is 19.9. The second kappa shape index (κ2) is 6.76. The van der Waals surface area contributed by atoms with E-state index in [4.69, 9.17) is 9.72 Å². The maximum Gasteiger partial charge on any atom is 0.410 e. The minimum absolute atomic E-state index is 0.141. The van der Waals surface area contributed by atoms with Gasteiger partial charge in [-0.05, 0) is 52.0 Å². The molecule has 1 aromatic heterocycles. The van der Waals surface area contributed by atoms with E-state index >= 15 is 0 Å². The molecular formula is C22H27N3O3. The number of aryl methyl sites for hydroxylation is 1. The van der Waals surface area contributed by atoms with Gasteiger partial charge in [0.15, 0.2) is 0 Å². The summed E-state index contributed by atoms with van der Waals surface area (Å²) in [6, 6.07) is 10.2. The molecule has 1 aliphatic heterocycles. The number of nitrogens with zero attached hydrogens (tertiary/aromatic N) is 2. The Labute approximate surface area is 164 Å². The first kappa shape index (κ1) is 18.7. The number of aromatic nitrogens is 2. The van der Waals surface area contributed by atoms with Crippen LogP contribution in [0.1, 0.15) is 62.7 Å².